The Hall–Kier alpha value is -3.28. The molecular formula is C24H28N4O2. The second-order valence-corrected chi connectivity index (χ2v) is 7.63. The molecule has 0 amide bonds. The van der Waals surface area contributed by atoms with Gasteiger partial charge >= 0.3 is 0 Å². The summed E-state index contributed by atoms with van der Waals surface area (Å²) in [6.45, 7) is 3.96. The molecule has 3 aromatic rings. The predicted molar refractivity (Wildman–Crippen MR) is 118 cm³/mol. The number of nitrogens with one attached hydrogen (secondary N) is 2. The number of guanidine groups is 1. The summed E-state index contributed by atoms with van der Waals surface area (Å²) in [5.41, 5.74) is 3.33. The molecule has 0 atom stereocenters. The van der Waals surface area contributed by atoms with Gasteiger partial charge in [-0.3, -0.25) is 4.99 Å². The summed E-state index contributed by atoms with van der Waals surface area (Å²) in [4.78, 5) is 8.65. The zero-order chi connectivity index (χ0) is 20.8. The third-order valence-electron chi connectivity index (χ3n) is 5.08. The summed E-state index contributed by atoms with van der Waals surface area (Å²) in [5, 5.41) is 6.60. The van der Waals surface area contributed by atoms with E-state index >= 15 is 0 Å². The van der Waals surface area contributed by atoms with Crippen molar-refractivity contribution in [1.82, 2.24) is 15.6 Å². The molecule has 6 heteroatoms. The second kappa shape index (κ2) is 9.48. The number of aliphatic imine (C=N–C) groups is 1. The second-order valence-electron chi connectivity index (χ2n) is 7.63. The van der Waals surface area contributed by atoms with E-state index in [4.69, 9.17) is 9.15 Å². The van der Waals surface area contributed by atoms with E-state index in [2.05, 4.69) is 45.7 Å². The van der Waals surface area contributed by atoms with Crippen LogP contribution in [0.2, 0.25) is 0 Å². The monoisotopic (exact) mass is 404 g/mol. The molecule has 1 heterocycles. The van der Waals surface area contributed by atoms with Gasteiger partial charge in [0.1, 0.15) is 5.75 Å². The number of aryl methyl sites for hydroxylation is 1. The predicted octanol–water partition coefficient (Wildman–Crippen LogP) is 4.30. The number of rotatable bonds is 8. The van der Waals surface area contributed by atoms with Crippen molar-refractivity contribution >= 4 is 5.96 Å². The van der Waals surface area contributed by atoms with Gasteiger partial charge in [-0.15, -0.1) is 0 Å². The van der Waals surface area contributed by atoms with E-state index in [9.17, 15) is 0 Å². The molecule has 2 aromatic carbocycles. The molecule has 0 bridgehead atoms. The summed E-state index contributed by atoms with van der Waals surface area (Å²) in [7, 11) is 1.75. The quantitative estimate of drug-likeness (QED) is 0.433. The van der Waals surface area contributed by atoms with E-state index in [1.165, 1.54) is 18.4 Å². The van der Waals surface area contributed by atoms with Gasteiger partial charge in [-0.2, -0.15) is 0 Å². The van der Waals surface area contributed by atoms with Crippen molar-refractivity contribution in [2.24, 2.45) is 10.9 Å². The third kappa shape index (κ3) is 5.41. The number of benzene rings is 2. The largest absolute Gasteiger partial charge is 0.493 e. The molecular weight excluding hydrogens is 376 g/mol. The van der Waals surface area contributed by atoms with Crippen LogP contribution < -0.4 is 15.4 Å². The first-order valence-electron chi connectivity index (χ1n) is 10.4. The van der Waals surface area contributed by atoms with Crippen LogP contribution in [-0.4, -0.2) is 24.6 Å². The number of hydrogen-bond donors (Lipinski definition) is 2. The van der Waals surface area contributed by atoms with Gasteiger partial charge in [-0.1, -0.05) is 42.5 Å². The SMILES string of the molecule is CN=C(NCc1ncc(-c2ccccc2)o1)NCc1ccc(C)cc1OCC1CC1. The Balaban J connectivity index is 1.32. The molecule has 1 aliphatic carbocycles. The molecule has 1 saturated carbocycles. The summed E-state index contributed by atoms with van der Waals surface area (Å²) in [6.07, 6.45) is 4.31. The van der Waals surface area contributed by atoms with Crippen molar-refractivity contribution in [1.29, 1.82) is 0 Å². The fraction of sp³-hybridized carbons (Fsp3) is 0.333. The minimum absolute atomic E-state index is 0.450. The molecule has 0 saturated heterocycles. The van der Waals surface area contributed by atoms with Gasteiger partial charge in [-0.25, -0.2) is 4.98 Å². The van der Waals surface area contributed by atoms with Crippen molar-refractivity contribution < 1.29 is 9.15 Å². The van der Waals surface area contributed by atoms with Crippen LogP contribution in [0.3, 0.4) is 0 Å². The normalized spacial score (nSPS) is 13.9. The van der Waals surface area contributed by atoms with Gasteiger partial charge in [0, 0.05) is 24.7 Å². The van der Waals surface area contributed by atoms with Gasteiger partial charge in [-0.05, 0) is 37.3 Å². The number of aromatic nitrogens is 1. The first-order chi connectivity index (χ1) is 14.7. The number of oxazole rings is 1. The number of ether oxygens (including phenoxy) is 1. The van der Waals surface area contributed by atoms with Crippen molar-refractivity contribution in [3.63, 3.8) is 0 Å². The average molecular weight is 405 g/mol. The van der Waals surface area contributed by atoms with E-state index < -0.39 is 0 Å². The van der Waals surface area contributed by atoms with Gasteiger partial charge in [0.2, 0.25) is 5.89 Å². The van der Waals surface area contributed by atoms with Crippen LogP contribution in [0, 0.1) is 12.8 Å². The van der Waals surface area contributed by atoms with Crippen molar-refractivity contribution in [2.75, 3.05) is 13.7 Å². The maximum absolute atomic E-state index is 6.06. The molecule has 0 unspecified atom stereocenters. The molecule has 6 nitrogen and oxygen atoms in total. The fourth-order valence-electron chi connectivity index (χ4n) is 3.12. The average Bonchev–Trinajstić information content (AvgIpc) is 3.49. The maximum Gasteiger partial charge on any atom is 0.214 e. The highest BCUT2D eigenvalue weighted by atomic mass is 16.5. The molecule has 0 aliphatic heterocycles. The summed E-state index contributed by atoms with van der Waals surface area (Å²) in [5.74, 6) is 3.73. The van der Waals surface area contributed by atoms with Gasteiger partial charge in [0.25, 0.3) is 0 Å². The highest BCUT2D eigenvalue weighted by molar-refractivity contribution is 5.79. The highest BCUT2D eigenvalue weighted by Gasteiger charge is 2.22. The van der Waals surface area contributed by atoms with Crippen molar-refractivity contribution in [2.45, 2.75) is 32.9 Å². The summed E-state index contributed by atoms with van der Waals surface area (Å²) in [6, 6.07) is 16.3. The lowest BCUT2D eigenvalue weighted by Gasteiger charge is -2.15. The van der Waals surface area contributed by atoms with E-state index in [0.29, 0.717) is 24.9 Å². The minimum Gasteiger partial charge on any atom is -0.493 e. The fourth-order valence-corrected chi connectivity index (χ4v) is 3.12. The van der Waals surface area contributed by atoms with Gasteiger partial charge < -0.3 is 19.8 Å². The lowest BCUT2D eigenvalue weighted by molar-refractivity contribution is 0.296. The molecule has 4 rings (SSSR count). The van der Waals surface area contributed by atoms with Crippen LogP contribution in [0.1, 0.15) is 29.9 Å². The van der Waals surface area contributed by atoms with Gasteiger partial charge in [0.15, 0.2) is 11.7 Å². The molecule has 1 aromatic heterocycles. The van der Waals surface area contributed by atoms with Crippen LogP contribution in [0.5, 0.6) is 5.75 Å². The minimum atomic E-state index is 0.450. The first-order valence-corrected chi connectivity index (χ1v) is 10.4. The first kappa shape index (κ1) is 20.0. The summed E-state index contributed by atoms with van der Waals surface area (Å²) >= 11 is 0. The Morgan fingerprint density at radius 3 is 2.70 bits per heavy atom. The smallest absolute Gasteiger partial charge is 0.214 e. The van der Waals surface area contributed by atoms with Crippen molar-refractivity contribution in [3.05, 3.63) is 71.7 Å². The molecule has 0 spiro atoms. The van der Waals surface area contributed by atoms with E-state index in [1.807, 2.05) is 30.3 Å². The molecule has 0 radical (unpaired) electrons. The Bertz CT molecular complexity index is 993. The van der Waals surface area contributed by atoms with E-state index in [-0.39, 0.29) is 0 Å². The highest BCUT2D eigenvalue weighted by Crippen LogP contribution is 2.30. The maximum atomic E-state index is 6.06. The molecule has 1 aliphatic rings. The van der Waals surface area contributed by atoms with Crippen LogP contribution in [0.4, 0.5) is 0 Å². The van der Waals surface area contributed by atoms with E-state index in [1.54, 1.807) is 13.2 Å². The van der Waals surface area contributed by atoms with Crippen LogP contribution in [0.25, 0.3) is 11.3 Å². The lowest BCUT2D eigenvalue weighted by atomic mass is 10.1. The number of nitrogens with zero attached hydrogens (tertiary/aromatic N) is 2. The molecule has 30 heavy (non-hydrogen) atoms. The Labute approximate surface area is 177 Å². The zero-order valence-corrected chi connectivity index (χ0v) is 17.5. The van der Waals surface area contributed by atoms with Crippen LogP contribution in [0.15, 0.2) is 64.1 Å². The molecule has 156 valence electrons. The van der Waals surface area contributed by atoms with Crippen LogP contribution >= 0.6 is 0 Å². The third-order valence-corrected chi connectivity index (χ3v) is 5.08. The molecule has 1 fully saturated rings. The Morgan fingerprint density at radius 1 is 1.13 bits per heavy atom. The van der Waals surface area contributed by atoms with E-state index in [0.717, 1.165) is 35.2 Å². The number of hydrogen-bond acceptors (Lipinski definition) is 4. The Morgan fingerprint density at radius 2 is 1.93 bits per heavy atom. The Kier molecular flexibility index (Phi) is 6.32. The van der Waals surface area contributed by atoms with Crippen LogP contribution in [-0.2, 0) is 13.1 Å². The van der Waals surface area contributed by atoms with Gasteiger partial charge in [0.05, 0.1) is 19.3 Å². The standard InChI is InChI=1S/C24H28N4O2/c1-17-8-11-20(21(12-17)29-16-18-9-10-18)13-27-24(25-2)28-15-23-26-14-22(30-23)19-6-4-3-5-7-19/h3-8,11-12,14,18H,9-10,13,15-16H2,1-2H3,(H2,25,27,28). The summed E-state index contributed by atoms with van der Waals surface area (Å²) < 4.78 is 11.9. The molecule has 2 N–H and O–H groups in total. The zero-order valence-electron chi connectivity index (χ0n) is 17.5. The van der Waals surface area contributed by atoms with Crippen molar-refractivity contribution in [3.8, 4) is 17.1 Å². The topological polar surface area (TPSA) is 71.7 Å². The lowest BCUT2D eigenvalue weighted by Crippen LogP contribution is -2.36.